The fourth-order valence-corrected chi connectivity index (χ4v) is 3.52. The van der Waals surface area contributed by atoms with E-state index < -0.39 is 23.5 Å². The molecule has 0 fully saturated rings. The molecule has 0 aliphatic carbocycles. The Balaban J connectivity index is 0.00000272. The standard InChI is InChI=1S/C20H19F3N6O.ClH/c21-15-10-17(23)16(22)8-13(15)7-14(24)9-19(30)28-5-6-29-18(11-28)20(26-27-29)12-1-3-25-4-2-12;/h1-4,8,10,14H,5-7,9,11,24H2;1H/t14-;/m1./s1. The molecule has 0 saturated carbocycles. The van der Waals surface area contributed by atoms with E-state index in [4.69, 9.17) is 5.73 Å². The third kappa shape index (κ3) is 4.86. The maximum atomic E-state index is 13.8. The third-order valence-corrected chi connectivity index (χ3v) is 5.07. The lowest BCUT2D eigenvalue weighted by atomic mass is 10.0. The average molecular weight is 453 g/mol. The van der Waals surface area contributed by atoms with Crippen LogP contribution in [0.5, 0.6) is 0 Å². The first-order chi connectivity index (χ1) is 14.4. The van der Waals surface area contributed by atoms with Crippen molar-refractivity contribution < 1.29 is 18.0 Å². The highest BCUT2D eigenvalue weighted by molar-refractivity contribution is 5.85. The minimum Gasteiger partial charge on any atom is -0.335 e. The van der Waals surface area contributed by atoms with Gasteiger partial charge in [0.1, 0.15) is 11.5 Å². The molecule has 2 N–H and O–H groups in total. The molecule has 31 heavy (non-hydrogen) atoms. The smallest absolute Gasteiger partial charge is 0.224 e. The predicted molar refractivity (Wildman–Crippen MR) is 109 cm³/mol. The number of carbonyl (C=O) groups excluding carboxylic acids is 1. The molecular formula is C20H20ClF3N6O. The molecule has 1 aliphatic rings. The molecule has 4 rings (SSSR count). The van der Waals surface area contributed by atoms with Crippen molar-refractivity contribution in [3.8, 4) is 11.3 Å². The predicted octanol–water partition coefficient (Wildman–Crippen LogP) is 2.48. The maximum Gasteiger partial charge on any atom is 0.224 e. The quantitative estimate of drug-likeness (QED) is 0.601. The minimum atomic E-state index is -1.26. The van der Waals surface area contributed by atoms with Gasteiger partial charge in [0.25, 0.3) is 0 Å². The summed E-state index contributed by atoms with van der Waals surface area (Å²) in [7, 11) is 0. The van der Waals surface area contributed by atoms with Crippen molar-refractivity contribution in [3.63, 3.8) is 0 Å². The molecular weight excluding hydrogens is 433 g/mol. The van der Waals surface area contributed by atoms with Crippen LogP contribution in [0.3, 0.4) is 0 Å². The van der Waals surface area contributed by atoms with Gasteiger partial charge in [0.2, 0.25) is 5.91 Å². The van der Waals surface area contributed by atoms with Gasteiger partial charge in [0, 0.05) is 43.0 Å². The molecule has 1 aliphatic heterocycles. The van der Waals surface area contributed by atoms with Crippen LogP contribution in [0.25, 0.3) is 11.3 Å². The van der Waals surface area contributed by atoms with Crippen LogP contribution in [0, 0.1) is 17.5 Å². The van der Waals surface area contributed by atoms with E-state index in [1.807, 2.05) is 12.1 Å². The molecule has 2 aromatic heterocycles. The maximum absolute atomic E-state index is 13.8. The average Bonchev–Trinajstić information content (AvgIpc) is 3.16. The number of nitrogens with two attached hydrogens (primary N) is 1. The van der Waals surface area contributed by atoms with E-state index in [1.54, 1.807) is 22.0 Å². The number of carbonyl (C=O) groups is 1. The fraction of sp³-hybridized carbons (Fsp3) is 0.300. The second-order valence-corrected chi connectivity index (χ2v) is 7.19. The number of benzene rings is 1. The van der Waals surface area contributed by atoms with Gasteiger partial charge in [-0.3, -0.25) is 9.78 Å². The lowest BCUT2D eigenvalue weighted by Gasteiger charge is -2.28. The summed E-state index contributed by atoms with van der Waals surface area (Å²) in [5.74, 6) is -3.50. The van der Waals surface area contributed by atoms with Crippen molar-refractivity contribution in [3.05, 3.63) is 65.4 Å². The van der Waals surface area contributed by atoms with Gasteiger partial charge in [0.05, 0.1) is 18.8 Å². The van der Waals surface area contributed by atoms with Crippen molar-refractivity contribution in [2.75, 3.05) is 6.54 Å². The van der Waals surface area contributed by atoms with E-state index in [0.29, 0.717) is 31.4 Å². The number of aromatic nitrogens is 4. The summed E-state index contributed by atoms with van der Waals surface area (Å²) >= 11 is 0. The first-order valence-corrected chi connectivity index (χ1v) is 9.42. The zero-order valence-electron chi connectivity index (χ0n) is 16.3. The summed E-state index contributed by atoms with van der Waals surface area (Å²) < 4.78 is 42.1. The van der Waals surface area contributed by atoms with Crippen LogP contribution < -0.4 is 5.73 Å². The molecule has 0 spiro atoms. The highest BCUT2D eigenvalue weighted by Gasteiger charge is 2.26. The van der Waals surface area contributed by atoms with Crippen LogP contribution in [0.1, 0.15) is 17.7 Å². The highest BCUT2D eigenvalue weighted by atomic mass is 35.5. The number of pyridine rings is 1. The summed E-state index contributed by atoms with van der Waals surface area (Å²) in [6.07, 6.45) is 3.18. The Kier molecular flexibility index (Phi) is 6.91. The van der Waals surface area contributed by atoms with E-state index in [2.05, 4.69) is 15.3 Å². The number of amides is 1. The number of fused-ring (bicyclic) bond motifs is 1. The van der Waals surface area contributed by atoms with Crippen molar-refractivity contribution in [1.29, 1.82) is 0 Å². The van der Waals surface area contributed by atoms with Crippen LogP contribution in [-0.2, 0) is 24.3 Å². The topological polar surface area (TPSA) is 89.9 Å². The normalized spacial score (nSPS) is 14.0. The first-order valence-electron chi connectivity index (χ1n) is 9.42. The molecule has 0 bridgehead atoms. The summed E-state index contributed by atoms with van der Waals surface area (Å²) in [5, 5.41) is 8.36. The van der Waals surface area contributed by atoms with Gasteiger partial charge in [-0.05, 0) is 30.2 Å². The molecule has 0 unspecified atom stereocenters. The van der Waals surface area contributed by atoms with E-state index in [0.717, 1.165) is 17.3 Å². The summed E-state index contributed by atoms with van der Waals surface area (Å²) in [5.41, 5.74) is 8.28. The van der Waals surface area contributed by atoms with Gasteiger partial charge >= 0.3 is 0 Å². The zero-order valence-corrected chi connectivity index (χ0v) is 17.2. The lowest BCUT2D eigenvalue weighted by molar-refractivity contribution is -0.133. The van der Waals surface area contributed by atoms with Crippen molar-refractivity contribution >= 4 is 18.3 Å². The Morgan fingerprint density at radius 3 is 2.55 bits per heavy atom. The van der Waals surface area contributed by atoms with Crippen molar-refractivity contribution in [2.24, 2.45) is 5.73 Å². The van der Waals surface area contributed by atoms with E-state index >= 15 is 0 Å². The Bertz CT molecular complexity index is 1080. The molecule has 1 aromatic carbocycles. The number of rotatable bonds is 5. The Labute approximate surface area is 182 Å². The van der Waals surface area contributed by atoms with Gasteiger partial charge in [-0.25, -0.2) is 17.9 Å². The molecule has 0 radical (unpaired) electrons. The number of hydrogen-bond donors (Lipinski definition) is 1. The molecule has 3 aromatic rings. The number of halogens is 4. The summed E-state index contributed by atoms with van der Waals surface area (Å²) in [6, 6.07) is 4.16. The zero-order chi connectivity index (χ0) is 21.3. The van der Waals surface area contributed by atoms with Crippen LogP contribution >= 0.6 is 12.4 Å². The number of hydrogen-bond acceptors (Lipinski definition) is 5. The van der Waals surface area contributed by atoms with Crippen LogP contribution in [-0.4, -0.2) is 43.4 Å². The molecule has 3 heterocycles. The van der Waals surface area contributed by atoms with Crippen LogP contribution in [0.2, 0.25) is 0 Å². The second kappa shape index (κ2) is 9.44. The van der Waals surface area contributed by atoms with Gasteiger partial charge < -0.3 is 10.6 Å². The number of nitrogens with zero attached hydrogens (tertiary/aromatic N) is 5. The minimum absolute atomic E-state index is 0. The third-order valence-electron chi connectivity index (χ3n) is 5.07. The Morgan fingerprint density at radius 2 is 1.81 bits per heavy atom. The molecule has 1 atom stereocenters. The van der Waals surface area contributed by atoms with Crippen LogP contribution in [0.15, 0.2) is 36.7 Å². The van der Waals surface area contributed by atoms with Crippen LogP contribution in [0.4, 0.5) is 13.2 Å². The molecule has 1 amide bonds. The Hall–Kier alpha value is -2.98. The highest BCUT2D eigenvalue weighted by Crippen LogP contribution is 2.24. The molecule has 7 nitrogen and oxygen atoms in total. The first kappa shape index (κ1) is 22.7. The van der Waals surface area contributed by atoms with Gasteiger partial charge in [-0.1, -0.05) is 5.21 Å². The monoisotopic (exact) mass is 452 g/mol. The SMILES string of the molecule is Cl.N[C@@H](CC(=O)N1CCn2nnc(-c3ccncc3)c2C1)Cc1cc(F)c(F)cc1F. The second-order valence-electron chi connectivity index (χ2n) is 7.19. The molecule has 11 heteroatoms. The Morgan fingerprint density at radius 1 is 1.10 bits per heavy atom. The fourth-order valence-electron chi connectivity index (χ4n) is 3.52. The summed E-state index contributed by atoms with van der Waals surface area (Å²) in [6.45, 7) is 1.25. The van der Waals surface area contributed by atoms with Crippen molar-refractivity contribution in [1.82, 2.24) is 24.9 Å². The van der Waals surface area contributed by atoms with Crippen molar-refractivity contribution in [2.45, 2.75) is 32.0 Å². The van der Waals surface area contributed by atoms with E-state index in [-0.39, 0.29) is 36.7 Å². The van der Waals surface area contributed by atoms with E-state index in [9.17, 15) is 18.0 Å². The molecule has 164 valence electrons. The molecule has 0 saturated heterocycles. The summed E-state index contributed by atoms with van der Waals surface area (Å²) in [4.78, 5) is 18.4. The van der Waals surface area contributed by atoms with Gasteiger partial charge in [-0.2, -0.15) is 0 Å². The largest absolute Gasteiger partial charge is 0.335 e. The lowest BCUT2D eigenvalue weighted by Crippen LogP contribution is -2.41. The van der Waals surface area contributed by atoms with Gasteiger partial charge in [0.15, 0.2) is 11.6 Å². The van der Waals surface area contributed by atoms with Gasteiger partial charge in [-0.15, -0.1) is 17.5 Å². The van der Waals surface area contributed by atoms with E-state index in [1.165, 1.54) is 0 Å².